The van der Waals surface area contributed by atoms with Crippen LogP contribution in [0.1, 0.15) is 39.6 Å². The molecule has 11 nitrogen and oxygen atoms in total. The third-order valence-electron chi connectivity index (χ3n) is 4.96. The second kappa shape index (κ2) is 10.4. The SMILES string of the molecule is CCOC(=O)C1=C(COC(=O)c2ccccc2NC(=O)c2ccco2)NC(=O)NC1c1ccco1. The number of amides is 3. The molecule has 1 aliphatic rings. The van der Waals surface area contributed by atoms with Crippen molar-refractivity contribution in [3.05, 3.63) is 89.4 Å². The summed E-state index contributed by atoms with van der Waals surface area (Å²) < 4.78 is 21.0. The number of carbonyl (C=O) groups is 4. The molecule has 4 rings (SSSR count). The Morgan fingerprint density at radius 2 is 1.74 bits per heavy atom. The lowest BCUT2D eigenvalue weighted by Crippen LogP contribution is -2.47. The van der Waals surface area contributed by atoms with Crippen LogP contribution in [0.2, 0.25) is 0 Å². The van der Waals surface area contributed by atoms with E-state index in [-0.39, 0.29) is 34.9 Å². The van der Waals surface area contributed by atoms with E-state index in [1.54, 1.807) is 37.3 Å². The molecule has 0 saturated carbocycles. The third kappa shape index (κ3) is 5.24. The molecule has 3 heterocycles. The van der Waals surface area contributed by atoms with Gasteiger partial charge in [-0.2, -0.15) is 0 Å². The Kier molecular flexibility index (Phi) is 6.96. The highest BCUT2D eigenvalue weighted by atomic mass is 16.5. The van der Waals surface area contributed by atoms with Gasteiger partial charge < -0.3 is 34.3 Å². The van der Waals surface area contributed by atoms with E-state index in [0.29, 0.717) is 5.76 Å². The molecule has 1 unspecified atom stereocenters. The van der Waals surface area contributed by atoms with Gasteiger partial charge in [0.15, 0.2) is 5.76 Å². The summed E-state index contributed by atoms with van der Waals surface area (Å²) in [6, 6.07) is 10.9. The molecule has 1 aromatic carbocycles. The van der Waals surface area contributed by atoms with E-state index in [9.17, 15) is 19.2 Å². The number of urea groups is 1. The first-order chi connectivity index (χ1) is 17.0. The number of ether oxygens (including phenoxy) is 2. The van der Waals surface area contributed by atoms with Crippen molar-refractivity contribution in [2.45, 2.75) is 13.0 Å². The molecule has 11 heteroatoms. The quantitative estimate of drug-likeness (QED) is 0.417. The van der Waals surface area contributed by atoms with Crippen LogP contribution >= 0.6 is 0 Å². The Labute approximate surface area is 199 Å². The minimum absolute atomic E-state index is 0.0357. The number of anilines is 1. The molecule has 3 aromatic rings. The third-order valence-corrected chi connectivity index (χ3v) is 4.96. The summed E-state index contributed by atoms with van der Waals surface area (Å²) in [5, 5.41) is 7.70. The largest absolute Gasteiger partial charge is 0.467 e. The number of hydrogen-bond acceptors (Lipinski definition) is 8. The fourth-order valence-electron chi connectivity index (χ4n) is 3.43. The molecule has 180 valence electrons. The Morgan fingerprint density at radius 3 is 2.46 bits per heavy atom. The van der Waals surface area contributed by atoms with Crippen molar-refractivity contribution in [1.82, 2.24) is 10.6 Å². The Balaban J connectivity index is 1.57. The number of esters is 2. The van der Waals surface area contributed by atoms with Gasteiger partial charge >= 0.3 is 18.0 Å². The van der Waals surface area contributed by atoms with Gasteiger partial charge in [-0.05, 0) is 43.3 Å². The van der Waals surface area contributed by atoms with E-state index in [1.165, 1.54) is 30.7 Å². The molecule has 3 amide bonds. The van der Waals surface area contributed by atoms with Crippen LogP contribution in [0.15, 0.2) is 81.2 Å². The van der Waals surface area contributed by atoms with E-state index < -0.39 is 36.5 Å². The molecule has 1 atom stereocenters. The average Bonchev–Trinajstić information content (AvgIpc) is 3.57. The summed E-state index contributed by atoms with van der Waals surface area (Å²) in [4.78, 5) is 50.2. The molecule has 2 aromatic heterocycles. The summed E-state index contributed by atoms with van der Waals surface area (Å²) in [5.74, 6) is -1.68. The minimum atomic E-state index is -0.939. The van der Waals surface area contributed by atoms with Gasteiger partial charge in [0.25, 0.3) is 5.91 Å². The van der Waals surface area contributed by atoms with Crippen molar-refractivity contribution < 1.29 is 37.5 Å². The molecule has 0 saturated heterocycles. The number of para-hydroxylation sites is 1. The molecular formula is C24H21N3O8. The van der Waals surface area contributed by atoms with E-state index in [0.717, 1.165) is 0 Å². The molecular weight excluding hydrogens is 458 g/mol. The lowest BCUT2D eigenvalue weighted by atomic mass is 10.0. The minimum Gasteiger partial charge on any atom is -0.467 e. The van der Waals surface area contributed by atoms with Crippen molar-refractivity contribution in [2.24, 2.45) is 0 Å². The lowest BCUT2D eigenvalue weighted by molar-refractivity contribution is -0.139. The van der Waals surface area contributed by atoms with E-state index in [2.05, 4.69) is 16.0 Å². The Morgan fingerprint density at radius 1 is 0.971 bits per heavy atom. The zero-order valence-electron chi connectivity index (χ0n) is 18.5. The Bertz CT molecular complexity index is 1260. The van der Waals surface area contributed by atoms with Crippen molar-refractivity contribution in [2.75, 3.05) is 18.5 Å². The molecule has 1 aliphatic heterocycles. The lowest BCUT2D eigenvalue weighted by Gasteiger charge is -2.27. The van der Waals surface area contributed by atoms with E-state index in [4.69, 9.17) is 18.3 Å². The summed E-state index contributed by atoms with van der Waals surface area (Å²) in [7, 11) is 0. The topological polar surface area (TPSA) is 149 Å². The monoisotopic (exact) mass is 479 g/mol. The fourth-order valence-corrected chi connectivity index (χ4v) is 3.43. The van der Waals surface area contributed by atoms with Gasteiger partial charge in [-0.1, -0.05) is 12.1 Å². The molecule has 0 bridgehead atoms. The standard InChI is InChI=1S/C24H21N3O8/c1-2-32-23(30)19-16(26-24(31)27-20(19)17-9-5-11-33-17)13-35-22(29)14-7-3-4-8-15(14)25-21(28)18-10-6-12-34-18/h3-12,20H,2,13H2,1H3,(H,25,28)(H2,26,27,31). The van der Waals surface area contributed by atoms with Gasteiger partial charge in [0.05, 0.1) is 41.7 Å². The summed E-state index contributed by atoms with van der Waals surface area (Å²) >= 11 is 0. The van der Waals surface area contributed by atoms with Crippen LogP contribution in [0.5, 0.6) is 0 Å². The zero-order chi connectivity index (χ0) is 24.8. The van der Waals surface area contributed by atoms with Crippen LogP contribution in [-0.2, 0) is 14.3 Å². The van der Waals surface area contributed by atoms with Crippen LogP contribution in [0.25, 0.3) is 0 Å². The maximum atomic E-state index is 12.9. The van der Waals surface area contributed by atoms with Crippen LogP contribution in [0, 0.1) is 0 Å². The number of nitrogens with one attached hydrogen (secondary N) is 3. The predicted octanol–water partition coefficient (Wildman–Crippen LogP) is 3.15. The number of carbonyl (C=O) groups excluding carboxylic acids is 4. The highest BCUT2D eigenvalue weighted by molar-refractivity contribution is 6.06. The predicted molar refractivity (Wildman–Crippen MR) is 120 cm³/mol. The van der Waals surface area contributed by atoms with Crippen LogP contribution in [0.3, 0.4) is 0 Å². The summed E-state index contributed by atoms with van der Waals surface area (Å²) in [6.07, 6.45) is 2.76. The number of rotatable bonds is 8. The fraction of sp³-hybridized carbons (Fsp3) is 0.167. The Hall–Kier alpha value is -4.80. The highest BCUT2D eigenvalue weighted by Crippen LogP contribution is 2.28. The number of benzene rings is 1. The second-order valence-electron chi connectivity index (χ2n) is 7.21. The van der Waals surface area contributed by atoms with E-state index >= 15 is 0 Å². The van der Waals surface area contributed by atoms with Gasteiger partial charge in [0, 0.05) is 0 Å². The summed E-state index contributed by atoms with van der Waals surface area (Å²) in [5.41, 5.74) is 0.336. The average molecular weight is 479 g/mol. The smallest absolute Gasteiger partial charge is 0.340 e. The van der Waals surface area contributed by atoms with Gasteiger partial charge in [-0.25, -0.2) is 14.4 Å². The molecule has 3 N–H and O–H groups in total. The van der Waals surface area contributed by atoms with Gasteiger partial charge in [0.1, 0.15) is 18.4 Å². The van der Waals surface area contributed by atoms with E-state index in [1.807, 2.05) is 0 Å². The van der Waals surface area contributed by atoms with Gasteiger partial charge in [-0.3, -0.25) is 4.79 Å². The normalized spacial score (nSPS) is 15.1. The first-order valence-electron chi connectivity index (χ1n) is 10.6. The van der Waals surface area contributed by atoms with Crippen LogP contribution in [0.4, 0.5) is 10.5 Å². The zero-order valence-corrected chi connectivity index (χ0v) is 18.5. The number of hydrogen-bond donors (Lipinski definition) is 3. The molecule has 0 aliphatic carbocycles. The van der Waals surface area contributed by atoms with Crippen LogP contribution < -0.4 is 16.0 Å². The van der Waals surface area contributed by atoms with Crippen molar-refractivity contribution in [3.8, 4) is 0 Å². The maximum absolute atomic E-state index is 12.9. The first kappa shape index (κ1) is 23.4. The number of furan rings is 2. The molecule has 0 fully saturated rings. The van der Waals surface area contributed by atoms with Crippen molar-refractivity contribution >= 4 is 29.6 Å². The van der Waals surface area contributed by atoms with Crippen molar-refractivity contribution in [3.63, 3.8) is 0 Å². The summed E-state index contributed by atoms with van der Waals surface area (Å²) in [6.45, 7) is 1.29. The first-order valence-corrected chi connectivity index (χ1v) is 10.6. The molecule has 0 spiro atoms. The highest BCUT2D eigenvalue weighted by Gasteiger charge is 2.35. The molecule has 35 heavy (non-hydrogen) atoms. The maximum Gasteiger partial charge on any atom is 0.340 e. The van der Waals surface area contributed by atoms with Crippen LogP contribution in [-0.4, -0.2) is 37.1 Å². The van der Waals surface area contributed by atoms with Crippen molar-refractivity contribution in [1.29, 1.82) is 0 Å². The second-order valence-corrected chi connectivity index (χ2v) is 7.21. The van der Waals surface area contributed by atoms with Gasteiger partial charge in [-0.15, -0.1) is 0 Å². The molecule has 0 radical (unpaired) electrons. The van der Waals surface area contributed by atoms with Gasteiger partial charge in [0.2, 0.25) is 0 Å².